The molecule has 1 aliphatic rings. The number of unbranched alkanes of at least 4 members (excludes halogenated alkanes) is 2. The monoisotopic (exact) mass is 296 g/mol. The van der Waals surface area contributed by atoms with Gasteiger partial charge in [-0.25, -0.2) is 0 Å². The number of carbonyl (C=O) groups excluding carboxylic acids is 1. The van der Waals surface area contributed by atoms with Gasteiger partial charge >= 0.3 is 0 Å². The Morgan fingerprint density at radius 2 is 1.90 bits per heavy atom. The van der Waals surface area contributed by atoms with E-state index in [1.54, 1.807) is 0 Å². The van der Waals surface area contributed by atoms with Crippen LogP contribution < -0.4 is 5.32 Å². The summed E-state index contributed by atoms with van der Waals surface area (Å²) >= 11 is 0. The van der Waals surface area contributed by atoms with Crippen LogP contribution in [-0.4, -0.2) is 29.6 Å². The second-order valence-corrected chi connectivity index (χ2v) is 7.86. The lowest BCUT2D eigenvalue weighted by Crippen LogP contribution is -2.42. The van der Waals surface area contributed by atoms with Crippen molar-refractivity contribution in [2.24, 2.45) is 11.3 Å². The maximum absolute atomic E-state index is 12.7. The van der Waals surface area contributed by atoms with E-state index in [1.807, 2.05) is 0 Å². The van der Waals surface area contributed by atoms with Crippen molar-refractivity contribution in [1.82, 2.24) is 10.2 Å². The second-order valence-electron chi connectivity index (χ2n) is 7.86. The molecule has 1 heterocycles. The van der Waals surface area contributed by atoms with Gasteiger partial charge < -0.3 is 4.90 Å². The van der Waals surface area contributed by atoms with Crippen LogP contribution in [0.5, 0.6) is 0 Å². The molecule has 21 heavy (non-hydrogen) atoms. The van der Waals surface area contributed by atoms with E-state index in [0.717, 1.165) is 19.4 Å². The molecular weight excluding hydrogens is 260 g/mol. The summed E-state index contributed by atoms with van der Waals surface area (Å²) in [5, 5.41) is 3.54. The molecule has 1 saturated heterocycles. The molecule has 0 aromatic rings. The number of hydrogen-bond acceptors (Lipinski definition) is 2. The lowest BCUT2D eigenvalue weighted by Gasteiger charge is -2.33. The minimum Gasteiger partial charge on any atom is -0.325 e. The quantitative estimate of drug-likeness (QED) is 0.647. The van der Waals surface area contributed by atoms with Crippen molar-refractivity contribution >= 4 is 5.91 Å². The zero-order valence-corrected chi connectivity index (χ0v) is 15.0. The molecule has 1 N–H and O–H groups in total. The molecule has 1 fully saturated rings. The van der Waals surface area contributed by atoms with Gasteiger partial charge in [0, 0.05) is 6.54 Å². The van der Waals surface area contributed by atoms with Gasteiger partial charge in [0.15, 0.2) is 0 Å². The SMILES string of the molecule is CCCCCC(C)(C)CN1C(=O)C(CC(C)C)NC1CC. The van der Waals surface area contributed by atoms with E-state index in [1.165, 1.54) is 25.7 Å². The van der Waals surface area contributed by atoms with Gasteiger partial charge in [-0.15, -0.1) is 0 Å². The van der Waals surface area contributed by atoms with Crippen molar-refractivity contribution in [3.8, 4) is 0 Å². The van der Waals surface area contributed by atoms with E-state index in [2.05, 4.69) is 51.8 Å². The zero-order chi connectivity index (χ0) is 16.0. The summed E-state index contributed by atoms with van der Waals surface area (Å²) in [6, 6.07) is 0.0291. The maximum atomic E-state index is 12.7. The van der Waals surface area contributed by atoms with Gasteiger partial charge in [0.05, 0.1) is 12.2 Å². The Morgan fingerprint density at radius 1 is 1.24 bits per heavy atom. The zero-order valence-electron chi connectivity index (χ0n) is 15.0. The van der Waals surface area contributed by atoms with Crippen LogP contribution in [0.25, 0.3) is 0 Å². The van der Waals surface area contributed by atoms with Gasteiger partial charge in [-0.3, -0.25) is 10.1 Å². The van der Waals surface area contributed by atoms with Gasteiger partial charge in [-0.2, -0.15) is 0 Å². The summed E-state index contributed by atoms with van der Waals surface area (Å²) in [5.74, 6) is 0.876. The Balaban J connectivity index is 2.64. The van der Waals surface area contributed by atoms with Crippen LogP contribution in [0.2, 0.25) is 0 Å². The second kappa shape index (κ2) is 8.17. The number of hydrogen-bond donors (Lipinski definition) is 1. The first kappa shape index (κ1) is 18.5. The largest absolute Gasteiger partial charge is 0.325 e. The molecule has 1 aliphatic heterocycles. The van der Waals surface area contributed by atoms with Gasteiger partial charge in [-0.1, -0.05) is 60.8 Å². The molecule has 1 rings (SSSR count). The fraction of sp³-hybridized carbons (Fsp3) is 0.944. The molecule has 0 aromatic heterocycles. The maximum Gasteiger partial charge on any atom is 0.241 e. The lowest BCUT2D eigenvalue weighted by molar-refractivity contribution is -0.131. The predicted molar refractivity (Wildman–Crippen MR) is 90.1 cm³/mol. The van der Waals surface area contributed by atoms with Gasteiger partial charge in [0.1, 0.15) is 0 Å². The normalized spacial score (nSPS) is 23.4. The Kier molecular flexibility index (Phi) is 7.19. The summed E-state index contributed by atoms with van der Waals surface area (Å²) in [5.41, 5.74) is 0.215. The van der Waals surface area contributed by atoms with Crippen molar-refractivity contribution in [1.29, 1.82) is 0 Å². The summed E-state index contributed by atoms with van der Waals surface area (Å²) in [4.78, 5) is 14.8. The number of nitrogens with zero attached hydrogens (tertiary/aromatic N) is 1. The van der Waals surface area contributed by atoms with Crippen molar-refractivity contribution in [2.45, 2.75) is 92.3 Å². The van der Waals surface area contributed by atoms with E-state index < -0.39 is 0 Å². The Morgan fingerprint density at radius 3 is 2.43 bits per heavy atom. The molecule has 2 unspecified atom stereocenters. The van der Waals surface area contributed by atoms with Crippen molar-refractivity contribution in [3.05, 3.63) is 0 Å². The topological polar surface area (TPSA) is 32.3 Å². The summed E-state index contributed by atoms with van der Waals surface area (Å²) in [7, 11) is 0. The highest BCUT2D eigenvalue weighted by atomic mass is 16.2. The molecule has 0 aromatic carbocycles. The third-order valence-electron chi connectivity index (χ3n) is 4.50. The molecule has 2 atom stereocenters. The van der Waals surface area contributed by atoms with Crippen LogP contribution in [0.15, 0.2) is 0 Å². The van der Waals surface area contributed by atoms with Crippen molar-refractivity contribution in [2.75, 3.05) is 6.54 Å². The van der Waals surface area contributed by atoms with Gasteiger partial charge in [0.25, 0.3) is 0 Å². The fourth-order valence-electron chi connectivity index (χ4n) is 3.31. The van der Waals surface area contributed by atoms with Gasteiger partial charge in [-0.05, 0) is 30.6 Å². The first-order valence-electron chi connectivity index (χ1n) is 8.87. The van der Waals surface area contributed by atoms with Crippen LogP contribution in [0.1, 0.15) is 80.1 Å². The predicted octanol–water partition coefficient (Wildman–Crippen LogP) is 4.18. The number of nitrogens with one attached hydrogen (secondary N) is 1. The summed E-state index contributed by atoms with van der Waals surface area (Å²) in [6.07, 6.45) is 7.19. The molecule has 1 amide bonds. The van der Waals surface area contributed by atoms with Crippen LogP contribution in [0, 0.1) is 11.3 Å². The Labute approximate surface area is 131 Å². The van der Waals surface area contributed by atoms with E-state index >= 15 is 0 Å². The summed E-state index contributed by atoms with van der Waals surface area (Å²) < 4.78 is 0. The average Bonchev–Trinajstić information content (AvgIpc) is 2.66. The minimum absolute atomic E-state index is 0.0291. The third kappa shape index (κ3) is 5.61. The fourth-order valence-corrected chi connectivity index (χ4v) is 3.31. The molecule has 3 heteroatoms. The highest BCUT2D eigenvalue weighted by Gasteiger charge is 2.40. The first-order chi connectivity index (χ1) is 9.80. The van der Waals surface area contributed by atoms with Crippen LogP contribution in [0.3, 0.4) is 0 Å². The molecule has 0 aliphatic carbocycles. The van der Waals surface area contributed by atoms with E-state index in [0.29, 0.717) is 11.8 Å². The molecule has 0 bridgehead atoms. The minimum atomic E-state index is 0.0291. The molecule has 0 radical (unpaired) electrons. The van der Waals surface area contributed by atoms with Crippen LogP contribution in [0.4, 0.5) is 0 Å². The van der Waals surface area contributed by atoms with Crippen LogP contribution in [-0.2, 0) is 4.79 Å². The molecule has 0 saturated carbocycles. The summed E-state index contributed by atoms with van der Waals surface area (Å²) in [6.45, 7) is 14.3. The Bertz CT molecular complexity index is 325. The van der Waals surface area contributed by atoms with Crippen molar-refractivity contribution in [3.63, 3.8) is 0 Å². The number of amides is 1. The highest BCUT2D eigenvalue weighted by molar-refractivity contribution is 5.84. The van der Waals surface area contributed by atoms with E-state index in [4.69, 9.17) is 0 Å². The third-order valence-corrected chi connectivity index (χ3v) is 4.50. The van der Waals surface area contributed by atoms with Crippen molar-refractivity contribution < 1.29 is 4.79 Å². The first-order valence-corrected chi connectivity index (χ1v) is 8.87. The standard InChI is InChI=1S/C18H36N2O/c1-7-9-10-11-18(5,6)13-20-16(8-2)19-15(17(20)21)12-14(3)4/h14-16,19H,7-13H2,1-6H3. The Hall–Kier alpha value is -0.570. The molecule has 0 spiro atoms. The number of carbonyl (C=O) groups is 1. The molecule has 124 valence electrons. The molecule has 3 nitrogen and oxygen atoms in total. The smallest absolute Gasteiger partial charge is 0.241 e. The van der Waals surface area contributed by atoms with Gasteiger partial charge in [0.2, 0.25) is 5.91 Å². The van der Waals surface area contributed by atoms with E-state index in [-0.39, 0.29) is 17.6 Å². The highest BCUT2D eigenvalue weighted by Crippen LogP contribution is 2.29. The van der Waals surface area contributed by atoms with Crippen LogP contribution >= 0.6 is 0 Å². The van der Waals surface area contributed by atoms with E-state index in [9.17, 15) is 4.79 Å². The lowest BCUT2D eigenvalue weighted by atomic mass is 9.86. The number of rotatable bonds is 9. The average molecular weight is 296 g/mol. The molecular formula is C18H36N2O.